The monoisotopic (exact) mass is 264 g/mol. The van der Waals surface area contributed by atoms with Gasteiger partial charge in [0.15, 0.2) is 0 Å². The van der Waals surface area contributed by atoms with Crippen LogP contribution in [0.4, 0.5) is 0 Å². The maximum atomic E-state index is 8.78. The van der Waals surface area contributed by atoms with Crippen molar-refractivity contribution in [1.82, 2.24) is 15.0 Å². The molecule has 0 saturated carbocycles. The van der Waals surface area contributed by atoms with Gasteiger partial charge in [0.05, 0.1) is 5.52 Å². The van der Waals surface area contributed by atoms with E-state index in [1.807, 2.05) is 54.6 Å². The van der Waals surface area contributed by atoms with Gasteiger partial charge in [-0.05, 0) is 23.2 Å². The smallest absolute Gasteiger partial charge is 0.137 e. The highest BCUT2D eigenvalue weighted by Crippen LogP contribution is 2.20. The summed E-state index contributed by atoms with van der Waals surface area (Å²) < 4.78 is 1.67. The van der Waals surface area contributed by atoms with Gasteiger partial charge in [0.2, 0.25) is 0 Å². The average Bonchev–Trinajstić information content (AvgIpc) is 2.92. The van der Waals surface area contributed by atoms with Gasteiger partial charge in [0, 0.05) is 11.3 Å². The number of nitrogens with zero attached hydrogens (tertiary/aromatic N) is 6. The van der Waals surface area contributed by atoms with Crippen LogP contribution in [0.15, 0.2) is 59.7 Å². The Hall–Kier alpha value is -2.85. The third-order valence-electron chi connectivity index (χ3n) is 3.11. The van der Waals surface area contributed by atoms with Gasteiger partial charge in [-0.3, -0.25) is 0 Å². The number of aromatic nitrogens is 3. The molecule has 6 nitrogen and oxygen atoms in total. The Morgan fingerprint density at radius 2 is 1.85 bits per heavy atom. The van der Waals surface area contributed by atoms with Crippen LogP contribution in [0.25, 0.3) is 21.5 Å². The summed E-state index contributed by atoms with van der Waals surface area (Å²) in [4.78, 5) is 2.93. The molecule has 0 radical (unpaired) electrons. The number of benzene rings is 2. The summed E-state index contributed by atoms with van der Waals surface area (Å²) in [7, 11) is 0. The quantitative estimate of drug-likeness (QED) is 0.410. The average molecular weight is 264 g/mol. The first kappa shape index (κ1) is 12.2. The topological polar surface area (TPSA) is 79.5 Å². The molecular weight excluding hydrogens is 252 g/mol. The molecule has 0 aliphatic heterocycles. The van der Waals surface area contributed by atoms with Gasteiger partial charge < -0.3 is 0 Å². The van der Waals surface area contributed by atoms with Crippen molar-refractivity contribution in [3.8, 4) is 0 Å². The van der Waals surface area contributed by atoms with Crippen molar-refractivity contribution in [3.05, 3.63) is 70.6 Å². The summed E-state index contributed by atoms with van der Waals surface area (Å²) in [5, 5.41) is 12.1. The van der Waals surface area contributed by atoms with Crippen LogP contribution in [0.1, 0.15) is 11.7 Å². The van der Waals surface area contributed by atoms with Gasteiger partial charge in [-0.15, -0.1) is 5.10 Å². The molecule has 0 bridgehead atoms. The fourth-order valence-electron chi connectivity index (χ4n) is 2.17. The Labute approximate surface area is 115 Å². The molecule has 1 aromatic heterocycles. The van der Waals surface area contributed by atoms with Crippen LogP contribution in [-0.2, 0) is 6.42 Å². The zero-order valence-electron chi connectivity index (χ0n) is 10.7. The van der Waals surface area contributed by atoms with E-state index in [-0.39, 0.29) is 0 Å². The molecule has 0 spiro atoms. The fourth-order valence-corrected chi connectivity index (χ4v) is 2.17. The van der Waals surface area contributed by atoms with E-state index in [1.165, 1.54) is 0 Å². The predicted octanol–water partition coefficient (Wildman–Crippen LogP) is 3.48. The maximum absolute atomic E-state index is 8.78. The first-order valence-corrected chi connectivity index (χ1v) is 6.26. The number of fused-ring (bicyclic) bond motifs is 1. The zero-order valence-corrected chi connectivity index (χ0v) is 10.7. The van der Waals surface area contributed by atoms with Crippen molar-refractivity contribution in [1.29, 1.82) is 0 Å². The SMILES string of the molecule is [N-]=[N+]=NC(Cc1ccccc1)n1nnc2ccccc21. The van der Waals surface area contributed by atoms with E-state index in [9.17, 15) is 0 Å². The molecule has 6 heteroatoms. The normalized spacial score (nSPS) is 12.0. The molecule has 98 valence electrons. The largest absolute Gasteiger partial charge is 0.235 e. The summed E-state index contributed by atoms with van der Waals surface area (Å²) in [5.74, 6) is 0. The number of para-hydroxylation sites is 1. The highest BCUT2D eigenvalue weighted by molar-refractivity contribution is 5.73. The van der Waals surface area contributed by atoms with Crippen LogP contribution < -0.4 is 0 Å². The Kier molecular flexibility index (Phi) is 3.31. The molecule has 0 aliphatic rings. The van der Waals surface area contributed by atoms with Gasteiger partial charge >= 0.3 is 0 Å². The van der Waals surface area contributed by atoms with Crippen LogP contribution in [0.5, 0.6) is 0 Å². The lowest BCUT2D eigenvalue weighted by atomic mass is 10.1. The minimum absolute atomic E-state index is 0.421. The maximum Gasteiger partial charge on any atom is 0.137 e. The standard InChI is InChI=1S/C14H12N6/c15-18-17-14(10-11-6-2-1-3-7-11)20-13-9-5-4-8-12(13)16-19-20/h1-9,14H,10H2. The fraction of sp³-hybridized carbons (Fsp3) is 0.143. The van der Waals surface area contributed by atoms with Crippen molar-refractivity contribution >= 4 is 11.0 Å². The van der Waals surface area contributed by atoms with Gasteiger partial charge in [-0.25, -0.2) is 4.68 Å². The van der Waals surface area contributed by atoms with Crippen molar-refractivity contribution in [2.24, 2.45) is 5.11 Å². The molecule has 1 heterocycles. The minimum atomic E-state index is -0.421. The Morgan fingerprint density at radius 1 is 1.10 bits per heavy atom. The summed E-state index contributed by atoms with van der Waals surface area (Å²) in [6.45, 7) is 0. The third-order valence-corrected chi connectivity index (χ3v) is 3.11. The lowest BCUT2D eigenvalue weighted by Gasteiger charge is -2.12. The number of hydrogen-bond donors (Lipinski definition) is 0. The van der Waals surface area contributed by atoms with E-state index < -0.39 is 6.17 Å². The van der Waals surface area contributed by atoms with Gasteiger partial charge in [0.1, 0.15) is 11.7 Å². The molecule has 3 aromatic rings. The van der Waals surface area contributed by atoms with E-state index in [2.05, 4.69) is 20.3 Å². The summed E-state index contributed by atoms with van der Waals surface area (Å²) >= 11 is 0. The van der Waals surface area contributed by atoms with Crippen molar-refractivity contribution < 1.29 is 0 Å². The van der Waals surface area contributed by atoms with Crippen molar-refractivity contribution in [2.75, 3.05) is 0 Å². The lowest BCUT2D eigenvalue weighted by Crippen LogP contribution is -2.11. The molecule has 0 fully saturated rings. The molecule has 0 saturated heterocycles. The lowest BCUT2D eigenvalue weighted by molar-refractivity contribution is 0.465. The molecule has 0 amide bonds. The molecule has 1 atom stereocenters. The summed E-state index contributed by atoms with van der Waals surface area (Å²) in [6.07, 6.45) is 0.160. The summed E-state index contributed by atoms with van der Waals surface area (Å²) in [5.41, 5.74) is 11.5. The molecule has 0 aliphatic carbocycles. The van der Waals surface area contributed by atoms with E-state index in [0.717, 1.165) is 16.6 Å². The van der Waals surface area contributed by atoms with Gasteiger partial charge in [-0.2, -0.15) is 0 Å². The Morgan fingerprint density at radius 3 is 2.65 bits per heavy atom. The van der Waals surface area contributed by atoms with E-state index in [4.69, 9.17) is 5.53 Å². The van der Waals surface area contributed by atoms with Gasteiger partial charge in [-0.1, -0.05) is 52.8 Å². The van der Waals surface area contributed by atoms with Crippen molar-refractivity contribution in [3.63, 3.8) is 0 Å². The number of rotatable bonds is 4. The van der Waals surface area contributed by atoms with Crippen LogP contribution in [0, 0.1) is 0 Å². The third kappa shape index (κ3) is 2.32. The van der Waals surface area contributed by atoms with E-state index in [0.29, 0.717) is 6.42 Å². The van der Waals surface area contributed by atoms with Crippen LogP contribution in [0.3, 0.4) is 0 Å². The minimum Gasteiger partial charge on any atom is -0.235 e. The molecule has 20 heavy (non-hydrogen) atoms. The van der Waals surface area contributed by atoms with Gasteiger partial charge in [0.25, 0.3) is 0 Å². The number of hydrogen-bond acceptors (Lipinski definition) is 3. The second-order valence-corrected chi connectivity index (χ2v) is 4.40. The first-order chi connectivity index (χ1) is 9.88. The zero-order chi connectivity index (χ0) is 13.8. The highest BCUT2D eigenvalue weighted by atomic mass is 15.5. The molecule has 3 rings (SSSR count). The Bertz CT molecular complexity index is 757. The summed E-state index contributed by atoms with van der Waals surface area (Å²) in [6, 6.07) is 17.5. The van der Waals surface area contributed by atoms with Crippen LogP contribution in [0.2, 0.25) is 0 Å². The van der Waals surface area contributed by atoms with Crippen LogP contribution >= 0.6 is 0 Å². The Balaban J connectivity index is 2.00. The molecule has 2 aromatic carbocycles. The second-order valence-electron chi connectivity index (χ2n) is 4.40. The number of azide groups is 1. The molecular formula is C14H12N6. The highest BCUT2D eigenvalue weighted by Gasteiger charge is 2.14. The molecule has 0 N–H and O–H groups in total. The predicted molar refractivity (Wildman–Crippen MR) is 75.9 cm³/mol. The van der Waals surface area contributed by atoms with Crippen molar-refractivity contribution in [2.45, 2.75) is 12.6 Å². The first-order valence-electron chi connectivity index (χ1n) is 6.26. The molecule has 1 unspecified atom stereocenters. The van der Waals surface area contributed by atoms with E-state index >= 15 is 0 Å². The van der Waals surface area contributed by atoms with E-state index in [1.54, 1.807) is 4.68 Å². The van der Waals surface area contributed by atoms with Crippen LogP contribution in [-0.4, -0.2) is 15.0 Å². The second kappa shape index (κ2) is 5.42.